The summed E-state index contributed by atoms with van der Waals surface area (Å²) in [5, 5.41) is 10.4. The maximum Gasteiger partial charge on any atom is 0.200 e. The molecule has 0 aliphatic heterocycles. The van der Waals surface area contributed by atoms with Gasteiger partial charge in [-0.2, -0.15) is 4.39 Å². The molecular formula is C15H15F2NO2. The molecule has 0 amide bonds. The molecule has 106 valence electrons. The van der Waals surface area contributed by atoms with Crippen molar-refractivity contribution < 1.29 is 18.6 Å². The highest BCUT2D eigenvalue weighted by Crippen LogP contribution is 2.24. The molecule has 5 heteroatoms. The summed E-state index contributed by atoms with van der Waals surface area (Å²) < 4.78 is 31.7. The SMILES string of the molecule is NCC(O)(COc1cccc(F)c1F)c1ccccc1. The molecule has 2 rings (SSSR count). The molecule has 2 aromatic rings. The fourth-order valence-electron chi connectivity index (χ4n) is 1.80. The Morgan fingerprint density at radius 1 is 1.05 bits per heavy atom. The summed E-state index contributed by atoms with van der Waals surface area (Å²) in [7, 11) is 0. The molecule has 0 spiro atoms. The van der Waals surface area contributed by atoms with Crippen LogP contribution in [0.25, 0.3) is 0 Å². The molecule has 0 aliphatic rings. The lowest BCUT2D eigenvalue weighted by atomic mass is 9.95. The maximum absolute atomic E-state index is 13.5. The van der Waals surface area contributed by atoms with E-state index in [4.69, 9.17) is 10.5 Å². The van der Waals surface area contributed by atoms with Crippen LogP contribution in [0.1, 0.15) is 5.56 Å². The molecule has 3 nitrogen and oxygen atoms in total. The third-order valence-corrected chi connectivity index (χ3v) is 3.03. The first-order chi connectivity index (χ1) is 9.57. The molecule has 0 saturated heterocycles. The van der Waals surface area contributed by atoms with Crippen LogP contribution in [0, 0.1) is 11.6 Å². The first-order valence-electron chi connectivity index (χ1n) is 6.11. The number of aliphatic hydroxyl groups is 1. The molecule has 0 radical (unpaired) electrons. The van der Waals surface area contributed by atoms with Crippen LogP contribution in [0.4, 0.5) is 8.78 Å². The summed E-state index contributed by atoms with van der Waals surface area (Å²) in [5.41, 5.74) is 4.67. The van der Waals surface area contributed by atoms with Gasteiger partial charge >= 0.3 is 0 Å². The van der Waals surface area contributed by atoms with Crippen LogP contribution in [-0.2, 0) is 5.60 Å². The van der Waals surface area contributed by atoms with Gasteiger partial charge in [-0.1, -0.05) is 36.4 Å². The van der Waals surface area contributed by atoms with Crippen LogP contribution < -0.4 is 10.5 Å². The van der Waals surface area contributed by atoms with E-state index >= 15 is 0 Å². The Morgan fingerprint density at radius 2 is 1.75 bits per heavy atom. The largest absolute Gasteiger partial charge is 0.487 e. The van der Waals surface area contributed by atoms with Crippen LogP contribution in [-0.4, -0.2) is 18.3 Å². The zero-order valence-electron chi connectivity index (χ0n) is 10.7. The van der Waals surface area contributed by atoms with E-state index in [0.29, 0.717) is 5.56 Å². The van der Waals surface area contributed by atoms with Gasteiger partial charge in [-0.15, -0.1) is 0 Å². The average Bonchev–Trinajstić information content (AvgIpc) is 2.49. The lowest BCUT2D eigenvalue weighted by molar-refractivity contribution is -0.00273. The van der Waals surface area contributed by atoms with Gasteiger partial charge in [0.15, 0.2) is 11.6 Å². The molecule has 20 heavy (non-hydrogen) atoms. The van der Waals surface area contributed by atoms with Crippen LogP contribution >= 0.6 is 0 Å². The molecule has 0 aliphatic carbocycles. The first kappa shape index (κ1) is 14.4. The number of halogens is 2. The van der Waals surface area contributed by atoms with E-state index in [2.05, 4.69) is 0 Å². The highest BCUT2D eigenvalue weighted by molar-refractivity contribution is 5.27. The van der Waals surface area contributed by atoms with Crippen molar-refractivity contribution in [2.24, 2.45) is 5.73 Å². The lowest BCUT2D eigenvalue weighted by Gasteiger charge is -2.27. The van der Waals surface area contributed by atoms with Crippen molar-refractivity contribution in [2.75, 3.05) is 13.2 Å². The number of ether oxygens (including phenoxy) is 1. The zero-order chi connectivity index (χ0) is 14.6. The summed E-state index contributed by atoms with van der Waals surface area (Å²) in [4.78, 5) is 0. The normalized spacial score (nSPS) is 13.8. The molecule has 0 fully saturated rings. The molecule has 0 heterocycles. The highest BCUT2D eigenvalue weighted by Gasteiger charge is 2.29. The monoisotopic (exact) mass is 279 g/mol. The predicted octanol–water partition coefficient (Wildman–Crippen LogP) is 2.19. The summed E-state index contributed by atoms with van der Waals surface area (Å²) in [6.45, 7) is -0.373. The van der Waals surface area contributed by atoms with Crippen molar-refractivity contribution in [3.63, 3.8) is 0 Å². The minimum absolute atomic E-state index is 0.103. The fraction of sp³-hybridized carbons (Fsp3) is 0.200. The Balaban J connectivity index is 2.17. The number of hydrogen-bond acceptors (Lipinski definition) is 3. The quantitative estimate of drug-likeness (QED) is 0.882. The van der Waals surface area contributed by atoms with E-state index in [9.17, 15) is 13.9 Å². The molecule has 1 unspecified atom stereocenters. The highest BCUT2D eigenvalue weighted by atomic mass is 19.2. The number of hydrogen-bond donors (Lipinski definition) is 2. The zero-order valence-corrected chi connectivity index (χ0v) is 10.7. The minimum Gasteiger partial charge on any atom is -0.487 e. The second kappa shape index (κ2) is 5.98. The van der Waals surface area contributed by atoms with E-state index in [1.165, 1.54) is 12.1 Å². The van der Waals surface area contributed by atoms with Gasteiger partial charge in [0.05, 0.1) is 0 Å². The van der Waals surface area contributed by atoms with Gasteiger partial charge in [0.1, 0.15) is 12.2 Å². The van der Waals surface area contributed by atoms with Gasteiger partial charge in [-0.05, 0) is 17.7 Å². The lowest BCUT2D eigenvalue weighted by Crippen LogP contribution is -2.40. The first-order valence-corrected chi connectivity index (χ1v) is 6.11. The third-order valence-electron chi connectivity index (χ3n) is 3.03. The number of benzene rings is 2. The standard InChI is InChI=1S/C15H15F2NO2/c16-12-7-4-8-13(14(12)17)20-10-15(19,9-18)11-5-2-1-3-6-11/h1-8,19H,9-10,18H2. The van der Waals surface area contributed by atoms with Gasteiger partial charge in [0.2, 0.25) is 5.82 Å². The Morgan fingerprint density at radius 3 is 2.40 bits per heavy atom. The summed E-state index contributed by atoms with van der Waals surface area (Å²) in [6, 6.07) is 12.3. The summed E-state index contributed by atoms with van der Waals surface area (Å²) in [6.07, 6.45) is 0. The molecular weight excluding hydrogens is 264 g/mol. The van der Waals surface area contributed by atoms with Gasteiger partial charge in [-0.3, -0.25) is 0 Å². The predicted molar refractivity (Wildman–Crippen MR) is 71.2 cm³/mol. The van der Waals surface area contributed by atoms with Gasteiger partial charge < -0.3 is 15.6 Å². The summed E-state index contributed by atoms with van der Waals surface area (Å²) >= 11 is 0. The van der Waals surface area contributed by atoms with Crippen molar-refractivity contribution in [3.8, 4) is 5.75 Å². The van der Waals surface area contributed by atoms with Crippen molar-refractivity contribution in [3.05, 3.63) is 65.7 Å². The number of nitrogens with two attached hydrogens (primary N) is 1. The molecule has 1 atom stereocenters. The van der Waals surface area contributed by atoms with E-state index in [-0.39, 0.29) is 18.9 Å². The Labute approximate surface area is 115 Å². The summed E-state index contributed by atoms with van der Waals surface area (Å²) in [5.74, 6) is -2.34. The second-order valence-electron chi connectivity index (χ2n) is 4.44. The van der Waals surface area contributed by atoms with Gasteiger partial charge in [0, 0.05) is 6.54 Å². The van der Waals surface area contributed by atoms with Crippen LogP contribution in [0.15, 0.2) is 48.5 Å². The molecule has 0 bridgehead atoms. The molecule has 0 saturated carbocycles. The smallest absolute Gasteiger partial charge is 0.200 e. The molecule has 0 aromatic heterocycles. The van der Waals surface area contributed by atoms with Gasteiger partial charge in [0.25, 0.3) is 0 Å². The third kappa shape index (κ3) is 2.95. The van der Waals surface area contributed by atoms with Crippen LogP contribution in [0.5, 0.6) is 5.75 Å². The number of rotatable bonds is 5. The van der Waals surface area contributed by atoms with Crippen LogP contribution in [0.2, 0.25) is 0 Å². The minimum atomic E-state index is -1.46. The Bertz CT molecular complexity index is 577. The second-order valence-corrected chi connectivity index (χ2v) is 4.44. The van der Waals surface area contributed by atoms with Crippen molar-refractivity contribution in [1.29, 1.82) is 0 Å². The maximum atomic E-state index is 13.5. The van der Waals surface area contributed by atoms with Crippen molar-refractivity contribution in [1.82, 2.24) is 0 Å². The van der Waals surface area contributed by atoms with Gasteiger partial charge in [-0.25, -0.2) is 4.39 Å². The topological polar surface area (TPSA) is 55.5 Å². The Hall–Kier alpha value is -1.98. The van der Waals surface area contributed by atoms with E-state index in [1.54, 1.807) is 30.3 Å². The van der Waals surface area contributed by atoms with E-state index in [0.717, 1.165) is 6.07 Å². The average molecular weight is 279 g/mol. The fourth-order valence-corrected chi connectivity index (χ4v) is 1.80. The van der Waals surface area contributed by atoms with Crippen molar-refractivity contribution >= 4 is 0 Å². The van der Waals surface area contributed by atoms with E-state index in [1.807, 2.05) is 0 Å². The van der Waals surface area contributed by atoms with Crippen LogP contribution in [0.3, 0.4) is 0 Å². The Kier molecular flexibility index (Phi) is 4.32. The molecule has 3 N–H and O–H groups in total. The van der Waals surface area contributed by atoms with Crippen molar-refractivity contribution in [2.45, 2.75) is 5.60 Å². The molecule has 2 aromatic carbocycles. The van der Waals surface area contributed by atoms with E-state index < -0.39 is 17.2 Å².